The zero-order valence-corrected chi connectivity index (χ0v) is 13.7. The molecule has 21 heavy (non-hydrogen) atoms. The molecule has 0 bridgehead atoms. The summed E-state index contributed by atoms with van der Waals surface area (Å²) in [5.41, 5.74) is 7.06. The van der Waals surface area contributed by atoms with Crippen LogP contribution in [0.1, 0.15) is 25.3 Å². The van der Waals surface area contributed by atoms with Gasteiger partial charge in [0.2, 0.25) is 10.0 Å². The molecule has 2 rings (SSSR count). The number of rotatable bonds is 6. The Kier molecular flexibility index (Phi) is 5.24. The Morgan fingerprint density at radius 1 is 1.29 bits per heavy atom. The predicted octanol–water partition coefficient (Wildman–Crippen LogP) is 1.55. The highest BCUT2D eigenvalue weighted by molar-refractivity contribution is 7.89. The van der Waals surface area contributed by atoms with Crippen LogP contribution >= 0.6 is 0 Å². The van der Waals surface area contributed by atoms with Gasteiger partial charge in [0.15, 0.2) is 0 Å². The maximum atomic E-state index is 12.7. The molecule has 0 aromatic heterocycles. The highest BCUT2D eigenvalue weighted by Gasteiger charge is 2.24. The number of likely N-dealkylation sites (N-methyl/N-ethyl adjacent to an activating group) is 1. The largest absolute Gasteiger partial charge is 0.399 e. The molecule has 1 fully saturated rings. The number of aryl methyl sites for hydroxylation is 1. The summed E-state index contributed by atoms with van der Waals surface area (Å²) in [4.78, 5) is 2.65. The number of benzene rings is 1. The summed E-state index contributed by atoms with van der Waals surface area (Å²) in [6, 6.07) is 5.12. The van der Waals surface area contributed by atoms with Crippen molar-refractivity contribution in [3.63, 3.8) is 0 Å². The van der Waals surface area contributed by atoms with E-state index in [1.165, 1.54) is 17.1 Å². The lowest BCUT2D eigenvalue weighted by molar-refractivity contribution is 0.310. The molecule has 118 valence electrons. The summed E-state index contributed by atoms with van der Waals surface area (Å²) < 4.78 is 26.9. The lowest BCUT2D eigenvalue weighted by Gasteiger charge is -2.22. The number of hydrogen-bond donors (Lipinski definition) is 1. The normalized spacial score (nSPS) is 16.7. The van der Waals surface area contributed by atoms with Crippen LogP contribution in [0.2, 0.25) is 0 Å². The summed E-state index contributed by atoms with van der Waals surface area (Å²) in [6.45, 7) is 5.41. The fraction of sp³-hybridized carbons (Fsp3) is 0.600. The Balaban J connectivity index is 2.14. The zero-order chi connectivity index (χ0) is 15.5. The van der Waals surface area contributed by atoms with Crippen molar-refractivity contribution < 1.29 is 8.42 Å². The van der Waals surface area contributed by atoms with Crippen LogP contribution in [0.3, 0.4) is 0 Å². The second-order valence-corrected chi connectivity index (χ2v) is 7.61. The molecule has 0 amide bonds. The van der Waals surface area contributed by atoms with E-state index in [4.69, 9.17) is 5.73 Å². The number of likely N-dealkylation sites (tertiary alicyclic amines) is 1. The van der Waals surface area contributed by atoms with E-state index in [1.807, 2.05) is 6.92 Å². The van der Waals surface area contributed by atoms with E-state index in [0.717, 1.165) is 25.2 Å². The molecule has 5 nitrogen and oxygen atoms in total. The van der Waals surface area contributed by atoms with Crippen molar-refractivity contribution in [1.29, 1.82) is 0 Å². The van der Waals surface area contributed by atoms with Gasteiger partial charge in [0, 0.05) is 25.8 Å². The topological polar surface area (TPSA) is 66.6 Å². The van der Waals surface area contributed by atoms with Crippen molar-refractivity contribution >= 4 is 15.7 Å². The quantitative estimate of drug-likeness (QED) is 0.810. The van der Waals surface area contributed by atoms with Gasteiger partial charge < -0.3 is 10.6 Å². The molecule has 1 aliphatic rings. The van der Waals surface area contributed by atoms with Gasteiger partial charge in [0.05, 0.1) is 4.90 Å². The number of nitrogens with two attached hydrogens (primary N) is 1. The van der Waals surface area contributed by atoms with Crippen LogP contribution in [0.25, 0.3) is 0 Å². The van der Waals surface area contributed by atoms with E-state index in [2.05, 4.69) is 4.90 Å². The first-order valence-corrected chi connectivity index (χ1v) is 8.96. The van der Waals surface area contributed by atoms with Crippen LogP contribution < -0.4 is 5.73 Å². The average Bonchev–Trinajstić information content (AvgIpc) is 2.97. The van der Waals surface area contributed by atoms with Crippen LogP contribution in [-0.4, -0.2) is 50.8 Å². The van der Waals surface area contributed by atoms with Crippen molar-refractivity contribution in [1.82, 2.24) is 9.21 Å². The first kappa shape index (κ1) is 16.3. The van der Waals surface area contributed by atoms with Gasteiger partial charge in [-0.25, -0.2) is 8.42 Å². The standard InChI is InChI=1S/C15H25N3O2S/c1-3-13-6-7-14(16)12-15(13)21(19,20)17(2)10-11-18-8-4-5-9-18/h6-7,12H,3-5,8-11,16H2,1-2H3. The molecule has 0 spiro atoms. The Morgan fingerprint density at radius 2 is 1.95 bits per heavy atom. The Bertz CT molecular complexity index is 581. The average molecular weight is 311 g/mol. The van der Waals surface area contributed by atoms with Gasteiger partial charge in [0.25, 0.3) is 0 Å². The minimum Gasteiger partial charge on any atom is -0.399 e. The van der Waals surface area contributed by atoms with E-state index in [1.54, 1.807) is 25.2 Å². The number of nitrogens with zero attached hydrogens (tertiary/aromatic N) is 2. The van der Waals surface area contributed by atoms with E-state index < -0.39 is 10.0 Å². The fourth-order valence-electron chi connectivity index (χ4n) is 2.68. The molecule has 2 N–H and O–H groups in total. The smallest absolute Gasteiger partial charge is 0.243 e. The first-order chi connectivity index (χ1) is 9.95. The number of nitrogen functional groups attached to an aromatic ring is 1. The van der Waals surface area contributed by atoms with Gasteiger partial charge in [-0.2, -0.15) is 4.31 Å². The van der Waals surface area contributed by atoms with Crippen LogP contribution in [0.5, 0.6) is 0 Å². The lowest BCUT2D eigenvalue weighted by atomic mass is 10.1. The third kappa shape index (κ3) is 3.75. The molecule has 0 saturated carbocycles. The van der Waals surface area contributed by atoms with Crippen molar-refractivity contribution in [2.75, 3.05) is 39.0 Å². The van der Waals surface area contributed by atoms with Gasteiger partial charge in [-0.05, 0) is 50.0 Å². The highest BCUT2D eigenvalue weighted by atomic mass is 32.2. The molecule has 6 heteroatoms. The third-order valence-corrected chi connectivity index (χ3v) is 6.03. The van der Waals surface area contributed by atoms with Gasteiger partial charge in [0.1, 0.15) is 0 Å². The molecule has 1 aliphatic heterocycles. The number of hydrogen-bond acceptors (Lipinski definition) is 4. The predicted molar refractivity (Wildman–Crippen MR) is 85.7 cm³/mol. The van der Waals surface area contributed by atoms with Crippen molar-refractivity contribution in [2.45, 2.75) is 31.1 Å². The minimum absolute atomic E-state index is 0.342. The molecular weight excluding hydrogens is 286 g/mol. The molecule has 0 radical (unpaired) electrons. The third-order valence-electron chi connectivity index (χ3n) is 4.09. The number of sulfonamides is 1. The van der Waals surface area contributed by atoms with Crippen LogP contribution in [0.15, 0.2) is 23.1 Å². The van der Waals surface area contributed by atoms with Gasteiger partial charge in [-0.1, -0.05) is 13.0 Å². The Labute approximate surface area is 127 Å². The molecule has 1 aromatic rings. The second-order valence-electron chi connectivity index (χ2n) is 5.60. The summed E-state index contributed by atoms with van der Waals surface area (Å²) in [7, 11) is -1.82. The SMILES string of the molecule is CCc1ccc(N)cc1S(=O)(=O)N(C)CCN1CCCC1. The Morgan fingerprint density at radius 3 is 2.57 bits per heavy atom. The van der Waals surface area contributed by atoms with Crippen molar-refractivity contribution in [3.05, 3.63) is 23.8 Å². The second kappa shape index (κ2) is 6.77. The van der Waals surface area contributed by atoms with Gasteiger partial charge >= 0.3 is 0 Å². The molecule has 0 atom stereocenters. The van der Waals surface area contributed by atoms with E-state index in [9.17, 15) is 8.42 Å². The first-order valence-electron chi connectivity index (χ1n) is 7.52. The maximum absolute atomic E-state index is 12.7. The highest BCUT2D eigenvalue weighted by Crippen LogP contribution is 2.22. The van der Waals surface area contributed by atoms with Crippen molar-refractivity contribution in [3.8, 4) is 0 Å². The van der Waals surface area contributed by atoms with Crippen LogP contribution in [-0.2, 0) is 16.4 Å². The Hall–Kier alpha value is -1.11. The van der Waals surface area contributed by atoms with Crippen LogP contribution in [0, 0.1) is 0 Å². The van der Waals surface area contributed by atoms with E-state index in [-0.39, 0.29) is 0 Å². The molecule has 1 saturated heterocycles. The number of anilines is 1. The summed E-state index contributed by atoms with van der Waals surface area (Å²) >= 11 is 0. The van der Waals surface area contributed by atoms with Crippen molar-refractivity contribution in [2.24, 2.45) is 0 Å². The minimum atomic E-state index is -3.47. The monoisotopic (exact) mass is 311 g/mol. The van der Waals surface area contributed by atoms with Gasteiger partial charge in [-0.15, -0.1) is 0 Å². The van der Waals surface area contributed by atoms with Gasteiger partial charge in [-0.3, -0.25) is 0 Å². The molecule has 0 unspecified atom stereocenters. The fourth-order valence-corrected chi connectivity index (χ4v) is 4.17. The van der Waals surface area contributed by atoms with Crippen LogP contribution in [0.4, 0.5) is 5.69 Å². The molecule has 1 heterocycles. The molecular formula is C15H25N3O2S. The molecule has 1 aromatic carbocycles. The maximum Gasteiger partial charge on any atom is 0.243 e. The van der Waals surface area contributed by atoms with E-state index in [0.29, 0.717) is 23.5 Å². The lowest BCUT2D eigenvalue weighted by Crippen LogP contribution is -2.35. The summed E-state index contributed by atoms with van der Waals surface area (Å²) in [6.07, 6.45) is 3.10. The summed E-state index contributed by atoms with van der Waals surface area (Å²) in [5, 5.41) is 0. The zero-order valence-electron chi connectivity index (χ0n) is 12.9. The summed E-state index contributed by atoms with van der Waals surface area (Å²) in [5.74, 6) is 0. The molecule has 0 aliphatic carbocycles. The van der Waals surface area contributed by atoms with E-state index >= 15 is 0 Å².